The minimum absolute atomic E-state index is 0.281. The maximum absolute atomic E-state index is 13.2. The van der Waals surface area contributed by atoms with Crippen molar-refractivity contribution in [1.29, 1.82) is 0 Å². The van der Waals surface area contributed by atoms with Crippen molar-refractivity contribution in [2.24, 2.45) is 5.73 Å². The van der Waals surface area contributed by atoms with Gasteiger partial charge in [0.15, 0.2) is 11.5 Å². The minimum Gasteiger partial charge on any atom is -0.486 e. The number of nitrogens with two attached hydrogens (primary N) is 1. The first kappa shape index (κ1) is 14.2. The van der Waals surface area contributed by atoms with E-state index in [1.54, 1.807) is 18.2 Å². The zero-order valence-corrected chi connectivity index (χ0v) is 12.3. The maximum Gasteiger partial charge on any atom is 0.162 e. The largest absolute Gasteiger partial charge is 0.486 e. The Morgan fingerprint density at radius 2 is 1.76 bits per heavy atom. The molecular weight excluding hydrogens is 293 g/mol. The first-order valence-corrected chi connectivity index (χ1v) is 7.04. The van der Waals surface area contributed by atoms with Gasteiger partial charge >= 0.3 is 0 Å². The van der Waals surface area contributed by atoms with Gasteiger partial charge in [-0.2, -0.15) is 0 Å². The van der Waals surface area contributed by atoms with E-state index in [0.717, 1.165) is 16.7 Å². The molecule has 0 saturated carbocycles. The molecule has 1 heterocycles. The van der Waals surface area contributed by atoms with E-state index >= 15 is 0 Å². The van der Waals surface area contributed by atoms with Gasteiger partial charge in [-0.3, -0.25) is 0 Å². The molecule has 2 aromatic rings. The third-order valence-corrected chi connectivity index (χ3v) is 3.89. The van der Waals surface area contributed by atoms with Gasteiger partial charge in [0.2, 0.25) is 0 Å². The molecule has 0 amide bonds. The van der Waals surface area contributed by atoms with Gasteiger partial charge in [-0.1, -0.05) is 17.7 Å². The number of hydrogen-bond donors (Lipinski definition) is 1. The summed E-state index contributed by atoms with van der Waals surface area (Å²) in [6.45, 7) is 2.83. The Hall–Kier alpha value is -1.78. The molecule has 1 aliphatic heterocycles. The number of aryl methyl sites for hydroxylation is 1. The molecule has 3 nitrogen and oxygen atoms in total. The molecule has 2 N–H and O–H groups in total. The Morgan fingerprint density at radius 3 is 2.43 bits per heavy atom. The van der Waals surface area contributed by atoms with Gasteiger partial charge in [0, 0.05) is 11.1 Å². The van der Waals surface area contributed by atoms with E-state index in [1.165, 1.54) is 12.1 Å². The molecule has 110 valence electrons. The van der Waals surface area contributed by atoms with E-state index < -0.39 is 6.04 Å². The lowest BCUT2D eigenvalue weighted by atomic mass is 9.95. The number of benzene rings is 2. The second kappa shape index (κ2) is 5.54. The molecule has 0 bridgehead atoms. The highest BCUT2D eigenvalue weighted by Gasteiger charge is 2.20. The maximum atomic E-state index is 13.2. The number of halogens is 2. The van der Waals surface area contributed by atoms with Gasteiger partial charge in [0.1, 0.15) is 19.0 Å². The van der Waals surface area contributed by atoms with Gasteiger partial charge in [0.25, 0.3) is 0 Å². The van der Waals surface area contributed by atoms with Gasteiger partial charge in [-0.05, 0) is 41.8 Å². The molecule has 1 unspecified atom stereocenters. The molecule has 3 rings (SSSR count). The fraction of sp³-hybridized carbons (Fsp3) is 0.250. The van der Waals surface area contributed by atoms with Gasteiger partial charge < -0.3 is 15.2 Å². The van der Waals surface area contributed by atoms with Crippen molar-refractivity contribution in [3.8, 4) is 11.5 Å². The van der Waals surface area contributed by atoms with E-state index in [9.17, 15) is 4.39 Å². The quantitative estimate of drug-likeness (QED) is 0.922. The van der Waals surface area contributed by atoms with Crippen molar-refractivity contribution in [1.82, 2.24) is 0 Å². The number of fused-ring (bicyclic) bond motifs is 1. The standard InChI is InChI=1S/C16H15ClFNO2/c1-9-6-10(18)2-3-11(9)16(19)12-7-14-15(8-13(12)17)21-5-4-20-14/h2-3,6-8,16H,4-5,19H2,1H3. The van der Waals surface area contributed by atoms with E-state index in [0.29, 0.717) is 29.7 Å². The van der Waals surface area contributed by atoms with Crippen LogP contribution in [0.2, 0.25) is 5.02 Å². The Balaban J connectivity index is 2.03. The molecule has 5 heteroatoms. The van der Waals surface area contributed by atoms with Crippen LogP contribution in [-0.2, 0) is 0 Å². The number of hydrogen-bond acceptors (Lipinski definition) is 3. The van der Waals surface area contributed by atoms with Gasteiger partial charge in [-0.15, -0.1) is 0 Å². The predicted octanol–water partition coefficient (Wildman–Crippen LogP) is 3.61. The molecule has 0 spiro atoms. The van der Waals surface area contributed by atoms with Crippen LogP contribution >= 0.6 is 11.6 Å². The van der Waals surface area contributed by atoms with Crippen LogP contribution in [-0.4, -0.2) is 13.2 Å². The van der Waals surface area contributed by atoms with Gasteiger partial charge in [-0.25, -0.2) is 4.39 Å². The molecule has 0 aromatic heterocycles. The highest BCUT2D eigenvalue weighted by atomic mass is 35.5. The third-order valence-electron chi connectivity index (χ3n) is 3.56. The summed E-state index contributed by atoms with van der Waals surface area (Å²) in [4.78, 5) is 0. The molecule has 0 aliphatic carbocycles. The molecule has 2 aromatic carbocycles. The van der Waals surface area contributed by atoms with Crippen LogP contribution in [0, 0.1) is 12.7 Å². The van der Waals surface area contributed by atoms with Crippen molar-refractivity contribution in [3.63, 3.8) is 0 Å². The minimum atomic E-state index is -0.450. The molecule has 0 saturated heterocycles. The van der Waals surface area contributed by atoms with E-state index in [-0.39, 0.29) is 5.82 Å². The van der Waals surface area contributed by atoms with Crippen LogP contribution < -0.4 is 15.2 Å². The van der Waals surface area contributed by atoms with Crippen LogP contribution in [0.1, 0.15) is 22.7 Å². The summed E-state index contributed by atoms with van der Waals surface area (Å²) in [7, 11) is 0. The second-order valence-electron chi connectivity index (χ2n) is 5.00. The Kier molecular flexibility index (Phi) is 3.74. The van der Waals surface area contributed by atoms with Crippen molar-refractivity contribution < 1.29 is 13.9 Å². The normalized spacial score (nSPS) is 14.9. The first-order chi connectivity index (χ1) is 10.1. The second-order valence-corrected chi connectivity index (χ2v) is 5.40. The summed E-state index contributed by atoms with van der Waals surface area (Å²) in [5, 5.41) is 0.510. The van der Waals surface area contributed by atoms with Crippen LogP contribution in [0.5, 0.6) is 11.5 Å². The fourth-order valence-corrected chi connectivity index (χ4v) is 2.74. The van der Waals surface area contributed by atoms with Crippen LogP contribution in [0.4, 0.5) is 4.39 Å². The molecule has 21 heavy (non-hydrogen) atoms. The molecule has 0 radical (unpaired) electrons. The Bertz CT molecular complexity index is 690. The highest BCUT2D eigenvalue weighted by molar-refractivity contribution is 6.31. The van der Waals surface area contributed by atoms with E-state index in [2.05, 4.69) is 0 Å². The summed E-state index contributed by atoms with van der Waals surface area (Å²) in [6.07, 6.45) is 0. The summed E-state index contributed by atoms with van der Waals surface area (Å²) < 4.78 is 24.3. The SMILES string of the molecule is Cc1cc(F)ccc1C(N)c1cc2c(cc1Cl)OCCO2. The summed E-state index contributed by atoms with van der Waals surface area (Å²) >= 11 is 6.30. The molecule has 0 fully saturated rings. The monoisotopic (exact) mass is 307 g/mol. The van der Waals surface area contributed by atoms with Gasteiger partial charge in [0.05, 0.1) is 6.04 Å². The smallest absolute Gasteiger partial charge is 0.162 e. The predicted molar refractivity (Wildman–Crippen MR) is 79.6 cm³/mol. The number of rotatable bonds is 2. The molecular formula is C16H15ClFNO2. The zero-order valence-electron chi connectivity index (χ0n) is 11.5. The Morgan fingerprint density at radius 1 is 1.10 bits per heavy atom. The fourth-order valence-electron chi connectivity index (χ4n) is 2.47. The first-order valence-electron chi connectivity index (χ1n) is 6.67. The molecule has 1 aliphatic rings. The molecule has 1 atom stereocenters. The highest BCUT2D eigenvalue weighted by Crippen LogP contribution is 2.39. The van der Waals surface area contributed by atoms with Crippen molar-refractivity contribution in [3.05, 3.63) is 57.9 Å². The Labute approximate surface area is 127 Å². The van der Waals surface area contributed by atoms with E-state index in [4.69, 9.17) is 26.8 Å². The lowest BCUT2D eigenvalue weighted by Crippen LogP contribution is -2.18. The summed E-state index contributed by atoms with van der Waals surface area (Å²) in [6, 6.07) is 7.60. The summed E-state index contributed by atoms with van der Waals surface area (Å²) in [5.41, 5.74) is 8.64. The van der Waals surface area contributed by atoms with Crippen LogP contribution in [0.3, 0.4) is 0 Å². The third kappa shape index (κ3) is 2.69. The average molecular weight is 308 g/mol. The average Bonchev–Trinajstić information content (AvgIpc) is 2.46. The zero-order chi connectivity index (χ0) is 15.0. The van der Waals surface area contributed by atoms with Crippen molar-refractivity contribution in [2.75, 3.05) is 13.2 Å². The van der Waals surface area contributed by atoms with E-state index in [1.807, 2.05) is 6.92 Å². The number of ether oxygens (including phenoxy) is 2. The summed E-state index contributed by atoms with van der Waals surface area (Å²) in [5.74, 6) is 0.977. The van der Waals surface area contributed by atoms with Crippen LogP contribution in [0.25, 0.3) is 0 Å². The lowest BCUT2D eigenvalue weighted by molar-refractivity contribution is 0.171. The van der Waals surface area contributed by atoms with Crippen molar-refractivity contribution in [2.45, 2.75) is 13.0 Å². The lowest BCUT2D eigenvalue weighted by Gasteiger charge is -2.22. The van der Waals surface area contributed by atoms with Crippen molar-refractivity contribution >= 4 is 11.6 Å². The van der Waals surface area contributed by atoms with Crippen LogP contribution in [0.15, 0.2) is 30.3 Å². The topological polar surface area (TPSA) is 44.5 Å².